The lowest BCUT2D eigenvalue weighted by Gasteiger charge is -2.34. The van der Waals surface area contributed by atoms with Crippen LogP contribution in [0.4, 0.5) is 0 Å². The lowest BCUT2D eigenvalue weighted by molar-refractivity contribution is -0.903. The van der Waals surface area contributed by atoms with Crippen LogP contribution in [0.1, 0.15) is 0 Å². The lowest BCUT2D eigenvalue weighted by atomic mass is 10.1. The van der Waals surface area contributed by atoms with Crippen molar-refractivity contribution in [3.8, 4) is 0 Å². The molecule has 0 aromatic rings. The minimum Gasteiger partial charge on any atom is -1.00 e. The largest absolute Gasteiger partial charge is 1.00 e. The highest BCUT2D eigenvalue weighted by atomic mass is 35.5. The van der Waals surface area contributed by atoms with Gasteiger partial charge < -0.3 is 36.6 Å². The molecule has 0 amide bonds. The van der Waals surface area contributed by atoms with E-state index in [4.69, 9.17) is 9.47 Å². The smallest absolute Gasteiger partial charge is 0.211 e. The predicted octanol–water partition coefficient (Wildman–Crippen LogP) is -4.46. The van der Waals surface area contributed by atoms with Crippen molar-refractivity contribution >= 4 is 0 Å². The van der Waals surface area contributed by atoms with Gasteiger partial charge in [-0.15, -0.1) is 0 Å². The highest BCUT2D eigenvalue weighted by Crippen LogP contribution is 2.34. The predicted molar refractivity (Wildman–Crippen MR) is 48.4 cm³/mol. The molecule has 2 aliphatic heterocycles. The Kier molecular flexibility index (Phi) is 3.65. The van der Waals surface area contributed by atoms with E-state index in [1.807, 2.05) is 21.1 Å². The first-order chi connectivity index (χ1) is 6.41. The number of ether oxygens (including phenoxy) is 2. The van der Waals surface area contributed by atoms with Crippen molar-refractivity contribution in [2.75, 3.05) is 27.7 Å². The number of likely N-dealkylation sites (N-methyl/N-ethyl adjacent to an activating group) is 1. The molecule has 0 bridgehead atoms. The maximum absolute atomic E-state index is 9.72. The summed E-state index contributed by atoms with van der Waals surface area (Å²) < 4.78 is 11.3. The lowest BCUT2D eigenvalue weighted by Crippen LogP contribution is -3.00. The van der Waals surface area contributed by atoms with Crippen LogP contribution in [0.15, 0.2) is 0 Å². The molecule has 2 rings (SSSR count). The average Bonchev–Trinajstić information content (AvgIpc) is 2.49. The number of nitrogens with zero attached hydrogens (tertiary/aromatic N) is 1. The van der Waals surface area contributed by atoms with Crippen LogP contribution in [0, 0.1) is 0 Å². The molecule has 2 N–H and O–H groups in total. The second-order valence-corrected chi connectivity index (χ2v) is 4.96. The van der Waals surface area contributed by atoms with Gasteiger partial charge in [-0.2, -0.15) is 0 Å². The standard InChI is InChI=1S/C9H18NO4.ClH/c1-10(2,3)6-8-7(14-9(6)12)5(11)4-13-8;/h5-9,11-12H,4H2,1-3H3;1H/q+1;/p-1/t5-,6-,7?,8-,9?;/m0./s1. The highest BCUT2D eigenvalue weighted by molar-refractivity contribution is 4.96. The summed E-state index contributed by atoms with van der Waals surface area (Å²) in [7, 11) is 5.94. The van der Waals surface area contributed by atoms with Crippen molar-refractivity contribution in [2.45, 2.75) is 30.6 Å². The normalized spacial score (nSPS) is 45.0. The first-order valence-electron chi connectivity index (χ1n) is 4.85. The Morgan fingerprint density at radius 1 is 1.13 bits per heavy atom. The minimum atomic E-state index is -0.847. The number of hydrogen-bond acceptors (Lipinski definition) is 4. The second-order valence-electron chi connectivity index (χ2n) is 4.96. The van der Waals surface area contributed by atoms with Crippen molar-refractivity contribution in [1.82, 2.24) is 0 Å². The van der Waals surface area contributed by atoms with E-state index in [1.165, 1.54) is 0 Å². The Morgan fingerprint density at radius 3 is 2.27 bits per heavy atom. The van der Waals surface area contributed by atoms with Gasteiger partial charge in [-0.05, 0) is 0 Å². The molecule has 2 unspecified atom stereocenters. The van der Waals surface area contributed by atoms with Crippen molar-refractivity contribution in [3.63, 3.8) is 0 Å². The summed E-state index contributed by atoms with van der Waals surface area (Å²) in [5, 5.41) is 19.3. The molecule has 5 nitrogen and oxygen atoms in total. The van der Waals surface area contributed by atoms with Crippen LogP contribution in [-0.4, -0.2) is 73.1 Å². The summed E-state index contributed by atoms with van der Waals surface area (Å²) in [6.45, 7) is 0.304. The third kappa shape index (κ3) is 2.13. The average molecular weight is 240 g/mol. The van der Waals surface area contributed by atoms with Gasteiger partial charge in [-0.3, -0.25) is 0 Å². The number of halogens is 1. The number of fused-ring (bicyclic) bond motifs is 1. The maximum atomic E-state index is 9.72. The van der Waals surface area contributed by atoms with E-state index in [-0.39, 0.29) is 30.7 Å². The molecule has 0 spiro atoms. The fraction of sp³-hybridized carbons (Fsp3) is 1.00. The van der Waals surface area contributed by atoms with Gasteiger partial charge in [0.1, 0.15) is 18.3 Å². The molecule has 0 radical (unpaired) electrons. The van der Waals surface area contributed by atoms with E-state index in [2.05, 4.69) is 0 Å². The molecule has 0 aromatic carbocycles. The summed E-state index contributed by atoms with van der Waals surface area (Å²) >= 11 is 0. The molecule has 0 aliphatic carbocycles. The van der Waals surface area contributed by atoms with Gasteiger partial charge in [0.05, 0.1) is 27.7 Å². The Bertz CT molecular complexity index is 233. The third-order valence-corrected chi connectivity index (χ3v) is 2.98. The Balaban J connectivity index is 0.00000112. The summed E-state index contributed by atoms with van der Waals surface area (Å²) in [6, 6.07) is -0.128. The molecule has 2 saturated heterocycles. The molecule has 6 heteroatoms. The number of rotatable bonds is 1. The number of hydrogen-bond donors (Lipinski definition) is 2. The van der Waals surface area contributed by atoms with Gasteiger partial charge >= 0.3 is 0 Å². The first-order valence-corrected chi connectivity index (χ1v) is 4.85. The molecule has 2 fully saturated rings. The fourth-order valence-electron chi connectivity index (χ4n) is 2.31. The Hall–Kier alpha value is 0.0900. The topological polar surface area (TPSA) is 58.9 Å². The van der Waals surface area contributed by atoms with Crippen molar-refractivity contribution < 1.29 is 36.6 Å². The summed E-state index contributed by atoms with van der Waals surface area (Å²) in [4.78, 5) is 0. The zero-order valence-electron chi connectivity index (χ0n) is 9.13. The van der Waals surface area contributed by atoms with E-state index in [1.54, 1.807) is 0 Å². The third-order valence-electron chi connectivity index (χ3n) is 2.98. The zero-order valence-corrected chi connectivity index (χ0v) is 9.89. The summed E-state index contributed by atoms with van der Waals surface area (Å²) in [5.41, 5.74) is 0. The molecule has 15 heavy (non-hydrogen) atoms. The Labute approximate surface area is 95.6 Å². The minimum absolute atomic E-state index is 0. The van der Waals surface area contributed by atoms with E-state index in [0.717, 1.165) is 0 Å². The second kappa shape index (κ2) is 4.16. The zero-order chi connectivity index (χ0) is 10.5. The quantitative estimate of drug-likeness (QED) is 0.454. The van der Waals surface area contributed by atoms with Crippen LogP contribution in [0.2, 0.25) is 0 Å². The first kappa shape index (κ1) is 13.2. The van der Waals surface area contributed by atoms with Gasteiger partial charge in [0, 0.05) is 0 Å². The van der Waals surface area contributed by atoms with Crippen molar-refractivity contribution in [3.05, 3.63) is 0 Å². The number of quaternary nitrogens is 1. The number of aliphatic hydroxyl groups excluding tert-OH is 2. The van der Waals surface area contributed by atoms with E-state index < -0.39 is 12.4 Å². The molecule has 2 heterocycles. The fourth-order valence-corrected chi connectivity index (χ4v) is 2.31. The maximum Gasteiger partial charge on any atom is 0.211 e. The van der Waals surface area contributed by atoms with Gasteiger partial charge in [0.25, 0.3) is 0 Å². The molecular weight excluding hydrogens is 222 g/mol. The van der Waals surface area contributed by atoms with Crippen LogP contribution in [0.3, 0.4) is 0 Å². The van der Waals surface area contributed by atoms with Gasteiger partial charge in [0.2, 0.25) is 6.29 Å². The van der Waals surface area contributed by atoms with E-state index >= 15 is 0 Å². The van der Waals surface area contributed by atoms with Gasteiger partial charge in [-0.1, -0.05) is 0 Å². The van der Waals surface area contributed by atoms with Crippen LogP contribution in [0.5, 0.6) is 0 Å². The van der Waals surface area contributed by atoms with E-state index in [0.29, 0.717) is 11.1 Å². The highest BCUT2D eigenvalue weighted by Gasteiger charge is 2.57. The van der Waals surface area contributed by atoms with Gasteiger partial charge in [-0.25, -0.2) is 0 Å². The molecule has 5 atom stereocenters. The van der Waals surface area contributed by atoms with Gasteiger partial charge in [0.15, 0.2) is 6.04 Å². The van der Waals surface area contributed by atoms with Crippen molar-refractivity contribution in [1.29, 1.82) is 0 Å². The van der Waals surface area contributed by atoms with Crippen LogP contribution in [0.25, 0.3) is 0 Å². The SMILES string of the molecule is C[N+](C)(C)[C@@H]1C(O)OC2[C@H]1OC[C@@H]2O.[Cl-]. The van der Waals surface area contributed by atoms with Crippen molar-refractivity contribution in [2.24, 2.45) is 0 Å². The number of aliphatic hydroxyl groups is 2. The van der Waals surface area contributed by atoms with Crippen LogP contribution in [-0.2, 0) is 9.47 Å². The van der Waals surface area contributed by atoms with E-state index in [9.17, 15) is 10.2 Å². The summed E-state index contributed by atoms with van der Waals surface area (Å²) in [6.07, 6.45) is -2.02. The van der Waals surface area contributed by atoms with Crippen LogP contribution >= 0.6 is 0 Å². The Morgan fingerprint density at radius 2 is 1.73 bits per heavy atom. The molecule has 2 aliphatic rings. The molecule has 0 aromatic heterocycles. The van der Waals surface area contributed by atoms with Crippen LogP contribution < -0.4 is 12.4 Å². The molecule has 0 saturated carbocycles. The monoisotopic (exact) mass is 239 g/mol. The molecular formula is C9H18ClNO4. The molecule has 90 valence electrons. The summed E-state index contributed by atoms with van der Waals surface area (Å²) in [5.74, 6) is 0.